The van der Waals surface area contributed by atoms with Crippen LogP contribution in [0.1, 0.15) is 29.7 Å². The molecular formula is C34H49N5O3. The zero-order valence-electron chi connectivity index (χ0n) is 23.7. The number of carbonyl (C=O) groups excluding carboxylic acids is 1. The lowest BCUT2D eigenvalue weighted by Crippen LogP contribution is -2.27. The van der Waals surface area contributed by atoms with Crippen LogP contribution in [-0.4, -0.2) is 37.4 Å². The van der Waals surface area contributed by atoms with Gasteiger partial charge in [0.05, 0.1) is 6.61 Å². The number of rotatable bonds is 10. The highest BCUT2D eigenvalue weighted by Gasteiger charge is 2.02. The predicted octanol–water partition coefficient (Wildman–Crippen LogP) is 4.57. The fourth-order valence-electron chi connectivity index (χ4n) is 3.07. The molecule has 4 rings (SSSR count). The number of benzene rings is 4. The Morgan fingerprint density at radius 2 is 1.02 bits per heavy atom. The van der Waals surface area contributed by atoms with E-state index in [9.17, 15) is 4.79 Å². The predicted molar refractivity (Wildman–Crippen MR) is 174 cm³/mol. The van der Waals surface area contributed by atoms with Gasteiger partial charge in [-0.1, -0.05) is 129 Å². The summed E-state index contributed by atoms with van der Waals surface area (Å²) < 4.78 is 5.10. The largest absolute Gasteiger partial charge is 0.445 e. The molecule has 0 fully saturated rings. The number of nitrogens with two attached hydrogens (primary N) is 3. The zero-order chi connectivity index (χ0) is 29.8. The molecule has 0 spiro atoms. The second kappa shape index (κ2) is 27.1. The van der Waals surface area contributed by atoms with E-state index < -0.39 is 6.09 Å². The molecule has 0 heterocycles. The lowest BCUT2D eigenvalue weighted by Gasteiger charge is -2.07. The molecule has 0 atom stereocenters. The minimum atomic E-state index is -0.400. The fraction of sp³-hybridized carbons (Fsp3) is 0.265. The van der Waals surface area contributed by atoms with Gasteiger partial charge in [0.1, 0.15) is 6.61 Å². The Bertz CT molecular complexity index is 1030. The summed E-state index contributed by atoms with van der Waals surface area (Å²) in [6, 6.07) is 38.8. The molecule has 4 aromatic carbocycles. The normalized spacial score (nSPS) is 9.24. The molecule has 8 heteroatoms. The Hall–Kier alpha value is -4.05. The third kappa shape index (κ3) is 20.8. The van der Waals surface area contributed by atoms with Gasteiger partial charge in [0.25, 0.3) is 0 Å². The lowest BCUT2D eigenvalue weighted by atomic mass is 10.2. The van der Waals surface area contributed by atoms with Crippen LogP contribution in [0.3, 0.4) is 0 Å². The van der Waals surface area contributed by atoms with Gasteiger partial charge in [0.15, 0.2) is 0 Å². The Morgan fingerprint density at radius 1 is 0.619 bits per heavy atom. The van der Waals surface area contributed by atoms with E-state index in [-0.39, 0.29) is 14.0 Å². The molecule has 0 radical (unpaired) electrons. The average molecular weight is 576 g/mol. The molecule has 0 aliphatic carbocycles. The van der Waals surface area contributed by atoms with Gasteiger partial charge in [-0.15, -0.1) is 0 Å². The quantitative estimate of drug-likeness (QED) is 0.152. The minimum absolute atomic E-state index is 0. The summed E-state index contributed by atoms with van der Waals surface area (Å²) in [6.07, 6.45) is -0.400. The third-order valence-corrected chi connectivity index (χ3v) is 5.24. The number of aliphatic hydroxyl groups is 1. The van der Waals surface area contributed by atoms with E-state index in [0.29, 0.717) is 32.8 Å². The van der Waals surface area contributed by atoms with Gasteiger partial charge in [0, 0.05) is 39.3 Å². The molecule has 228 valence electrons. The van der Waals surface area contributed by atoms with Crippen molar-refractivity contribution in [1.29, 1.82) is 0 Å². The average Bonchev–Trinajstić information content (AvgIpc) is 3.05. The summed E-state index contributed by atoms with van der Waals surface area (Å²) in [7, 11) is 0. The van der Waals surface area contributed by atoms with Crippen LogP contribution in [0.5, 0.6) is 0 Å². The fourth-order valence-corrected chi connectivity index (χ4v) is 3.07. The van der Waals surface area contributed by atoms with E-state index in [2.05, 4.69) is 10.6 Å². The van der Waals surface area contributed by atoms with Gasteiger partial charge < -0.3 is 37.7 Å². The first-order chi connectivity index (χ1) is 20.1. The van der Waals surface area contributed by atoms with Crippen molar-refractivity contribution in [2.45, 2.75) is 33.7 Å². The molecule has 0 saturated heterocycles. The summed E-state index contributed by atoms with van der Waals surface area (Å²) in [4.78, 5) is 11.5. The van der Waals surface area contributed by atoms with E-state index >= 15 is 0 Å². The summed E-state index contributed by atoms with van der Waals surface area (Å²) in [6.45, 7) is 4.69. The van der Waals surface area contributed by atoms with Crippen molar-refractivity contribution in [3.63, 3.8) is 0 Å². The highest BCUT2D eigenvalue weighted by atomic mass is 16.5. The number of amides is 1. The molecule has 42 heavy (non-hydrogen) atoms. The number of nitrogens with one attached hydrogen (secondary N) is 2. The molecule has 0 aliphatic rings. The van der Waals surface area contributed by atoms with E-state index in [4.69, 9.17) is 27.0 Å². The summed E-state index contributed by atoms with van der Waals surface area (Å²) in [5, 5.41) is 14.3. The van der Waals surface area contributed by atoms with Crippen LogP contribution in [0.2, 0.25) is 0 Å². The van der Waals surface area contributed by atoms with Crippen molar-refractivity contribution in [1.82, 2.24) is 10.6 Å². The van der Waals surface area contributed by atoms with E-state index in [1.807, 2.05) is 121 Å². The summed E-state index contributed by atoms with van der Waals surface area (Å²) >= 11 is 0. The van der Waals surface area contributed by atoms with Crippen molar-refractivity contribution in [2.24, 2.45) is 17.2 Å². The molecule has 0 saturated carbocycles. The molecule has 0 aliphatic heterocycles. The molecule has 4 aromatic rings. The number of ether oxygens (including phenoxy) is 1. The molecule has 8 nitrogen and oxygen atoms in total. The smallest absolute Gasteiger partial charge is 0.407 e. The Morgan fingerprint density at radius 3 is 1.38 bits per heavy atom. The Balaban J connectivity index is 0.000000588. The van der Waals surface area contributed by atoms with Crippen LogP contribution in [0.15, 0.2) is 121 Å². The summed E-state index contributed by atoms with van der Waals surface area (Å²) in [5.41, 5.74) is 19.9. The van der Waals surface area contributed by atoms with Gasteiger partial charge in [-0.2, -0.15) is 0 Å². The summed E-state index contributed by atoms with van der Waals surface area (Å²) in [5.74, 6) is 0. The molecule has 1 amide bonds. The Kier molecular flexibility index (Phi) is 24.5. The first-order valence-corrected chi connectivity index (χ1v) is 13.6. The molecular weight excluding hydrogens is 526 g/mol. The monoisotopic (exact) mass is 575 g/mol. The molecule has 0 bridgehead atoms. The second-order valence-electron chi connectivity index (χ2n) is 8.56. The van der Waals surface area contributed by atoms with Crippen molar-refractivity contribution >= 4 is 6.09 Å². The van der Waals surface area contributed by atoms with Crippen LogP contribution >= 0.6 is 0 Å². The number of hydrogen-bond donors (Lipinski definition) is 6. The Labute approximate surface area is 251 Å². The van der Waals surface area contributed by atoms with E-state index in [0.717, 1.165) is 29.8 Å². The van der Waals surface area contributed by atoms with Gasteiger partial charge in [-0.05, 0) is 22.3 Å². The lowest BCUT2D eigenvalue weighted by molar-refractivity contribution is 0.139. The number of hydrogen-bond acceptors (Lipinski definition) is 7. The maximum atomic E-state index is 11.5. The van der Waals surface area contributed by atoms with Crippen LogP contribution in [0, 0.1) is 0 Å². The maximum absolute atomic E-state index is 11.5. The van der Waals surface area contributed by atoms with Crippen molar-refractivity contribution in [2.75, 3.05) is 26.2 Å². The molecule has 0 aromatic heterocycles. The molecule has 9 N–H and O–H groups in total. The van der Waals surface area contributed by atoms with E-state index in [1.54, 1.807) is 0 Å². The third-order valence-electron chi connectivity index (χ3n) is 5.24. The maximum Gasteiger partial charge on any atom is 0.407 e. The number of carbonyl (C=O) groups is 1. The van der Waals surface area contributed by atoms with Gasteiger partial charge in [-0.25, -0.2) is 4.79 Å². The van der Waals surface area contributed by atoms with Crippen molar-refractivity contribution in [3.05, 3.63) is 144 Å². The topological polar surface area (TPSA) is 149 Å². The molecule has 0 unspecified atom stereocenters. The van der Waals surface area contributed by atoms with Crippen LogP contribution in [0.25, 0.3) is 0 Å². The van der Waals surface area contributed by atoms with Gasteiger partial charge in [-0.3, -0.25) is 0 Å². The van der Waals surface area contributed by atoms with Crippen molar-refractivity contribution < 1.29 is 14.6 Å². The van der Waals surface area contributed by atoms with Crippen molar-refractivity contribution in [3.8, 4) is 0 Å². The van der Waals surface area contributed by atoms with Crippen LogP contribution < -0.4 is 27.8 Å². The number of alkyl carbamates (subject to hydrolysis) is 1. The zero-order valence-corrected chi connectivity index (χ0v) is 23.7. The second-order valence-corrected chi connectivity index (χ2v) is 8.56. The minimum Gasteiger partial charge on any atom is -0.445 e. The highest BCUT2D eigenvalue weighted by molar-refractivity contribution is 5.67. The van der Waals surface area contributed by atoms with Crippen LogP contribution in [0.4, 0.5) is 4.79 Å². The first kappa shape index (κ1) is 38.0. The first-order valence-electron chi connectivity index (χ1n) is 13.6. The van der Waals surface area contributed by atoms with E-state index in [1.165, 1.54) is 5.56 Å². The van der Waals surface area contributed by atoms with Gasteiger partial charge in [0.2, 0.25) is 0 Å². The highest BCUT2D eigenvalue weighted by Crippen LogP contribution is 2.02. The number of aliphatic hydroxyl groups excluding tert-OH is 1. The van der Waals surface area contributed by atoms with Crippen LogP contribution in [-0.2, 0) is 31.0 Å². The van der Waals surface area contributed by atoms with Gasteiger partial charge >= 0.3 is 6.09 Å². The standard InChI is InChI=1S/C15H15NO2.C7H9N.C7H8O.C4H13N3.CH4/c17-15(16-11-13-7-3-1-4-8-13)18-12-14-9-5-2-6-10-14;2*8-6-7-4-2-1-3-5-7;5-1-3-7-4-2-6;/h1-10H,11-12H2,(H,16,17);1-5H,6,8H2;1-5,8H,6H2;7H,1-6H2;1H4. The SMILES string of the molecule is C.NCCNCCN.NCc1ccccc1.O=C(NCc1ccccc1)OCc1ccccc1.OCc1ccccc1.